The van der Waals surface area contributed by atoms with Gasteiger partial charge in [0, 0.05) is 23.4 Å². The molecule has 0 aliphatic carbocycles. The molecule has 24 heavy (non-hydrogen) atoms. The zero-order chi connectivity index (χ0) is 17.1. The summed E-state index contributed by atoms with van der Waals surface area (Å²) in [5.41, 5.74) is 3.37. The molecular formula is C18H17N3O2S. The van der Waals surface area contributed by atoms with E-state index in [4.69, 9.17) is 12.2 Å². The zero-order valence-corrected chi connectivity index (χ0v) is 14.0. The lowest BCUT2D eigenvalue weighted by Crippen LogP contribution is -2.33. The van der Waals surface area contributed by atoms with Gasteiger partial charge in [-0.1, -0.05) is 25.1 Å². The second kappa shape index (κ2) is 6.80. The van der Waals surface area contributed by atoms with Gasteiger partial charge in [0.2, 0.25) is 5.91 Å². The third-order valence-electron chi connectivity index (χ3n) is 3.83. The van der Waals surface area contributed by atoms with E-state index in [1.54, 1.807) is 11.8 Å². The Kier molecular flexibility index (Phi) is 4.57. The van der Waals surface area contributed by atoms with Gasteiger partial charge >= 0.3 is 0 Å². The fourth-order valence-corrected chi connectivity index (χ4v) is 2.80. The number of benzene rings is 2. The minimum atomic E-state index is -0.135. The van der Waals surface area contributed by atoms with E-state index in [1.165, 1.54) is 0 Å². The summed E-state index contributed by atoms with van der Waals surface area (Å²) >= 11 is 5.08. The van der Waals surface area contributed by atoms with Crippen molar-refractivity contribution in [2.45, 2.75) is 19.9 Å². The standard InChI is InChI=1S/C18H17N3O2S/c1-2-16(22)20-18(24)19-13-7-9-14(10-8-13)21-11-12-5-3-4-6-15(12)17(21)23/h3-10H,2,11H2,1H3,(H2,19,20,22,24). The molecule has 1 aliphatic rings. The highest BCUT2D eigenvalue weighted by molar-refractivity contribution is 7.80. The molecule has 2 N–H and O–H groups in total. The van der Waals surface area contributed by atoms with Gasteiger partial charge in [0.1, 0.15) is 0 Å². The quantitative estimate of drug-likeness (QED) is 0.844. The van der Waals surface area contributed by atoms with Crippen LogP contribution in [-0.4, -0.2) is 16.9 Å². The van der Waals surface area contributed by atoms with Crippen molar-refractivity contribution in [1.29, 1.82) is 0 Å². The van der Waals surface area contributed by atoms with E-state index in [1.807, 2.05) is 48.5 Å². The van der Waals surface area contributed by atoms with Crippen molar-refractivity contribution in [2.75, 3.05) is 10.2 Å². The number of rotatable bonds is 3. The summed E-state index contributed by atoms with van der Waals surface area (Å²) in [7, 11) is 0. The first-order chi connectivity index (χ1) is 11.6. The Hall–Kier alpha value is -2.73. The van der Waals surface area contributed by atoms with Crippen LogP contribution in [0.4, 0.5) is 11.4 Å². The molecule has 0 atom stereocenters. The molecule has 0 saturated heterocycles. The monoisotopic (exact) mass is 339 g/mol. The van der Waals surface area contributed by atoms with Crippen molar-refractivity contribution in [3.8, 4) is 0 Å². The lowest BCUT2D eigenvalue weighted by molar-refractivity contribution is -0.119. The molecule has 122 valence electrons. The second-order valence-electron chi connectivity index (χ2n) is 5.45. The van der Waals surface area contributed by atoms with Gasteiger partial charge in [0.25, 0.3) is 5.91 Å². The Morgan fingerprint density at radius 1 is 1.17 bits per heavy atom. The molecule has 0 unspecified atom stereocenters. The molecule has 0 saturated carbocycles. The van der Waals surface area contributed by atoms with E-state index < -0.39 is 0 Å². The number of anilines is 2. The van der Waals surface area contributed by atoms with Crippen LogP contribution in [0.1, 0.15) is 29.3 Å². The van der Waals surface area contributed by atoms with Crippen LogP contribution in [0.3, 0.4) is 0 Å². The van der Waals surface area contributed by atoms with Crippen LogP contribution >= 0.6 is 12.2 Å². The lowest BCUT2D eigenvalue weighted by atomic mass is 10.1. The smallest absolute Gasteiger partial charge is 0.258 e. The molecule has 3 rings (SSSR count). The van der Waals surface area contributed by atoms with E-state index in [0.29, 0.717) is 13.0 Å². The number of nitrogens with one attached hydrogen (secondary N) is 2. The molecular weight excluding hydrogens is 322 g/mol. The SMILES string of the molecule is CCC(=O)NC(=S)Nc1ccc(N2Cc3ccccc3C2=O)cc1. The number of fused-ring (bicyclic) bond motifs is 1. The van der Waals surface area contributed by atoms with Crippen LogP contribution < -0.4 is 15.5 Å². The average Bonchev–Trinajstić information content (AvgIpc) is 2.92. The van der Waals surface area contributed by atoms with Crippen molar-refractivity contribution < 1.29 is 9.59 Å². The van der Waals surface area contributed by atoms with Gasteiger partial charge in [-0.25, -0.2) is 0 Å². The van der Waals surface area contributed by atoms with E-state index >= 15 is 0 Å². The Bertz CT molecular complexity index is 802. The third-order valence-corrected chi connectivity index (χ3v) is 4.04. The normalized spacial score (nSPS) is 12.7. The summed E-state index contributed by atoms with van der Waals surface area (Å²) in [5, 5.41) is 5.80. The van der Waals surface area contributed by atoms with Gasteiger partial charge in [-0.2, -0.15) is 0 Å². The van der Waals surface area contributed by atoms with Gasteiger partial charge in [-0.3, -0.25) is 9.59 Å². The van der Waals surface area contributed by atoms with Crippen LogP contribution in [0, 0.1) is 0 Å². The van der Waals surface area contributed by atoms with Crippen LogP contribution in [0.25, 0.3) is 0 Å². The zero-order valence-electron chi connectivity index (χ0n) is 13.2. The van der Waals surface area contributed by atoms with Gasteiger partial charge in [0.05, 0.1) is 6.54 Å². The Morgan fingerprint density at radius 3 is 2.54 bits per heavy atom. The highest BCUT2D eigenvalue weighted by atomic mass is 32.1. The Labute approximate surface area is 145 Å². The average molecular weight is 339 g/mol. The van der Waals surface area contributed by atoms with Crippen molar-refractivity contribution >= 4 is 40.5 Å². The number of carbonyl (C=O) groups is 2. The van der Waals surface area contributed by atoms with E-state index in [9.17, 15) is 9.59 Å². The van der Waals surface area contributed by atoms with Gasteiger partial charge in [-0.05, 0) is 48.1 Å². The number of amides is 2. The van der Waals surface area contributed by atoms with Crippen molar-refractivity contribution in [3.63, 3.8) is 0 Å². The summed E-state index contributed by atoms with van der Waals surface area (Å²) in [6, 6.07) is 15.0. The summed E-state index contributed by atoms with van der Waals surface area (Å²) < 4.78 is 0. The van der Waals surface area contributed by atoms with E-state index in [-0.39, 0.29) is 16.9 Å². The van der Waals surface area contributed by atoms with Crippen LogP contribution in [0.5, 0.6) is 0 Å². The molecule has 6 heteroatoms. The molecule has 0 aromatic heterocycles. The molecule has 2 aromatic rings. The summed E-state index contributed by atoms with van der Waals surface area (Å²) in [6.07, 6.45) is 0.373. The fourth-order valence-electron chi connectivity index (χ4n) is 2.56. The molecule has 0 bridgehead atoms. The topological polar surface area (TPSA) is 61.4 Å². The molecule has 1 aliphatic heterocycles. The highest BCUT2D eigenvalue weighted by Crippen LogP contribution is 2.28. The van der Waals surface area contributed by atoms with Crippen LogP contribution in [0.15, 0.2) is 48.5 Å². The molecule has 2 aromatic carbocycles. The number of hydrogen-bond donors (Lipinski definition) is 2. The van der Waals surface area contributed by atoms with Crippen LogP contribution in [0.2, 0.25) is 0 Å². The van der Waals surface area contributed by atoms with E-state index in [2.05, 4.69) is 10.6 Å². The Morgan fingerprint density at radius 2 is 1.88 bits per heavy atom. The van der Waals surface area contributed by atoms with Crippen molar-refractivity contribution in [1.82, 2.24) is 5.32 Å². The van der Waals surface area contributed by atoms with Gasteiger partial charge in [0.15, 0.2) is 5.11 Å². The molecule has 5 nitrogen and oxygen atoms in total. The first kappa shape index (κ1) is 16.1. The lowest BCUT2D eigenvalue weighted by Gasteiger charge is -2.16. The second-order valence-corrected chi connectivity index (χ2v) is 5.86. The first-order valence-electron chi connectivity index (χ1n) is 7.69. The Balaban J connectivity index is 1.69. The van der Waals surface area contributed by atoms with Gasteiger partial charge < -0.3 is 15.5 Å². The number of hydrogen-bond acceptors (Lipinski definition) is 3. The van der Waals surface area contributed by atoms with E-state index in [0.717, 1.165) is 22.5 Å². The summed E-state index contributed by atoms with van der Waals surface area (Å²) in [6.45, 7) is 2.34. The first-order valence-corrected chi connectivity index (χ1v) is 8.10. The van der Waals surface area contributed by atoms with Crippen molar-refractivity contribution in [3.05, 3.63) is 59.7 Å². The van der Waals surface area contributed by atoms with Gasteiger partial charge in [-0.15, -0.1) is 0 Å². The fraction of sp³-hybridized carbons (Fsp3) is 0.167. The third kappa shape index (κ3) is 3.28. The summed E-state index contributed by atoms with van der Waals surface area (Å²) in [4.78, 5) is 25.5. The number of carbonyl (C=O) groups excluding carboxylic acids is 2. The summed E-state index contributed by atoms with van der Waals surface area (Å²) in [5.74, 6) is -0.124. The number of thiocarbonyl (C=S) groups is 1. The largest absolute Gasteiger partial charge is 0.332 e. The predicted molar refractivity (Wildman–Crippen MR) is 98.1 cm³/mol. The van der Waals surface area contributed by atoms with Crippen molar-refractivity contribution in [2.24, 2.45) is 0 Å². The minimum absolute atomic E-state index is 0.0111. The molecule has 1 heterocycles. The molecule has 2 amide bonds. The maximum Gasteiger partial charge on any atom is 0.258 e. The highest BCUT2D eigenvalue weighted by Gasteiger charge is 2.27. The maximum atomic E-state index is 12.5. The maximum absolute atomic E-state index is 12.5. The molecule has 0 radical (unpaired) electrons. The van der Waals surface area contributed by atoms with Crippen LogP contribution in [-0.2, 0) is 11.3 Å². The predicted octanol–water partition coefficient (Wildman–Crippen LogP) is 3.07. The minimum Gasteiger partial charge on any atom is -0.332 e. The molecule has 0 fully saturated rings. The molecule has 0 spiro atoms. The number of nitrogens with zero attached hydrogens (tertiary/aromatic N) is 1.